The molecule has 0 fully saturated rings. The fourth-order valence-electron chi connectivity index (χ4n) is 0.885. The van der Waals surface area contributed by atoms with Crippen molar-refractivity contribution in [1.82, 2.24) is 0 Å². The van der Waals surface area contributed by atoms with Crippen molar-refractivity contribution in [2.24, 2.45) is 0 Å². The number of esters is 1. The molecular weight excluding hydrogens is 275 g/mol. The maximum absolute atomic E-state index is 11.3. The Morgan fingerprint density at radius 2 is 2.00 bits per heavy atom. The minimum absolute atomic E-state index is 0.102. The van der Waals surface area contributed by atoms with E-state index in [9.17, 15) is 19.4 Å². The molecule has 0 spiro atoms. The fraction of sp³-hybridized carbons (Fsp3) is 0.727. The summed E-state index contributed by atoms with van der Waals surface area (Å²) in [6.07, 6.45) is 0.241. The van der Waals surface area contributed by atoms with Crippen LogP contribution in [0.15, 0.2) is 12.2 Å². The van der Waals surface area contributed by atoms with Gasteiger partial charge in [0.25, 0.3) is 0 Å². The zero-order valence-electron chi connectivity index (χ0n) is 11.2. The Bertz CT molecular complexity index is 342. The van der Waals surface area contributed by atoms with Gasteiger partial charge < -0.3 is 14.7 Å². The Balaban J connectivity index is 3.88. The average molecular weight is 296 g/mol. The van der Waals surface area contributed by atoms with Crippen molar-refractivity contribution in [1.29, 1.82) is 0 Å². The molecule has 0 saturated heterocycles. The number of unbranched alkanes of at least 4 members (excludes halogenated alkanes) is 1. The molecule has 0 bridgehead atoms. The number of aliphatic hydroxyl groups is 1. The number of hydrogen-bond donors (Lipinski definition) is 2. The van der Waals surface area contributed by atoms with Gasteiger partial charge in [-0.1, -0.05) is 19.9 Å². The lowest BCUT2D eigenvalue weighted by Gasteiger charge is -2.15. The lowest BCUT2D eigenvalue weighted by molar-refractivity contribution is -0.142. The highest BCUT2D eigenvalue weighted by molar-refractivity contribution is 7.47. The summed E-state index contributed by atoms with van der Waals surface area (Å²) in [6, 6.07) is 0. The number of carbonyl (C=O) groups excluding carboxylic acids is 1. The molecule has 2 N–H and O–H groups in total. The second-order valence-electron chi connectivity index (χ2n) is 3.98. The molecule has 7 nitrogen and oxygen atoms in total. The summed E-state index contributed by atoms with van der Waals surface area (Å²) in [5.74, 6) is -0.648. The molecule has 0 radical (unpaired) electrons. The number of rotatable bonds is 10. The molecule has 0 aromatic carbocycles. The Hall–Kier alpha value is -0.720. The van der Waals surface area contributed by atoms with Gasteiger partial charge in [-0.15, -0.1) is 0 Å². The Labute approximate surface area is 112 Å². The standard InChI is InChI=1S/C11H21O7P/c1-4-5-6-17-19(14,15)18-8-10(12)7-16-11(13)9(2)3/h10,12H,2,4-8H2,1,3H3,(H,14,15). The first kappa shape index (κ1) is 18.3. The number of aliphatic hydroxyl groups excluding tert-OH is 1. The third-order valence-electron chi connectivity index (χ3n) is 1.94. The van der Waals surface area contributed by atoms with Crippen molar-refractivity contribution in [2.45, 2.75) is 32.8 Å². The van der Waals surface area contributed by atoms with Crippen LogP contribution in [-0.2, 0) is 23.1 Å². The van der Waals surface area contributed by atoms with Crippen LogP contribution in [0.3, 0.4) is 0 Å². The Kier molecular flexibility index (Phi) is 8.88. The summed E-state index contributed by atoms with van der Waals surface area (Å²) in [5, 5.41) is 9.40. The van der Waals surface area contributed by atoms with Crippen LogP contribution in [0.1, 0.15) is 26.7 Å². The number of carbonyl (C=O) groups is 1. The third kappa shape index (κ3) is 9.81. The first-order valence-corrected chi connectivity index (χ1v) is 7.40. The van der Waals surface area contributed by atoms with Crippen LogP contribution >= 0.6 is 7.82 Å². The maximum Gasteiger partial charge on any atom is 0.472 e. The first-order chi connectivity index (χ1) is 8.78. The van der Waals surface area contributed by atoms with Gasteiger partial charge in [-0.05, 0) is 13.3 Å². The summed E-state index contributed by atoms with van der Waals surface area (Å²) < 4.78 is 25.2. The van der Waals surface area contributed by atoms with Gasteiger partial charge in [-0.25, -0.2) is 9.36 Å². The highest BCUT2D eigenvalue weighted by atomic mass is 31.2. The van der Waals surface area contributed by atoms with E-state index in [0.29, 0.717) is 6.42 Å². The largest absolute Gasteiger partial charge is 0.472 e. The maximum atomic E-state index is 11.3. The summed E-state index contributed by atoms with van der Waals surface area (Å²) in [6.45, 7) is 6.03. The van der Waals surface area contributed by atoms with E-state index in [-0.39, 0.29) is 18.8 Å². The molecule has 0 aliphatic carbocycles. The molecule has 2 atom stereocenters. The van der Waals surface area contributed by atoms with E-state index in [1.165, 1.54) is 6.92 Å². The van der Waals surface area contributed by atoms with E-state index in [0.717, 1.165) is 6.42 Å². The van der Waals surface area contributed by atoms with Crippen LogP contribution in [0.5, 0.6) is 0 Å². The smallest absolute Gasteiger partial charge is 0.460 e. The van der Waals surface area contributed by atoms with E-state index >= 15 is 0 Å². The summed E-state index contributed by atoms with van der Waals surface area (Å²) in [7, 11) is -4.16. The van der Waals surface area contributed by atoms with Crippen molar-refractivity contribution in [3.63, 3.8) is 0 Å². The molecule has 8 heteroatoms. The second-order valence-corrected chi connectivity index (χ2v) is 5.44. The van der Waals surface area contributed by atoms with Gasteiger partial charge in [-0.3, -0.25) is 9.05 Å². The molecule has 0 aromatic heterocycles. The van der Waals surface area contributed by atoms with Gasteiger partial charge >= 0.3 is 13.8 Å². The zero-order chi connectivity index (χ0) is 14.9. The van der Waals surface area contributed by atoms with Gasteiger partial charge in [-0.2, -0.15) is 0 Å². The van der Waals surface area contributed by atoms with E-state index in [2.05, 4.69) is 20.4 Å². The molecule has 0 rings (SSSR count). The zero-order valence-corrected chi connectivity index (χ0v) is 12.1. The number of phosphoric acid groups is 1. The number of phosphoric ester groups is 1. The SMILES string of the molecule is C=C(C)C(=O)OCC(O)COP(=O)(O)OCCCC. The number of hydrogen-bond acceptors (Lipinski definition) is 6. The lowest BCUT2D eigenvalue weighted by Crippen LogP contribution is -2.23. The normalized spacial score (nSPS) is 15.6. The van der Waals surface area contributed by atoms with Crippen molar-refractivity contribution >= 4 is 13.8 Å². The van der Waals surface area contributed by atoms with E-state index < -0.39 is 26.5 Å². The third-order valence-corrected chi connectivity index (χ3v) is 2.92. The van der Waals surface area contributed by atoms with E-state index in [1.54, 1.807) is 0 Å². The van der Waals surface area contributed by atoms with Crippen molar-refractivity contribution < 1.29 is 33.1 Å². The minimum Gasteiger partial charge on any atom is -0.460 e. The van der Waals surface area contributed by atoms with Gasteiger partial charge in [0, 0.05) is 5.57 Å². The molecule has 0 aliphatic heterocycles. The molecule has 0 aromatic rings. The second kappa shape index (κ2) is 9.23. The van der Waals surface area contributed by atoms with Crippen molar-refractivity contribution in [3.8, 4) is 0 Å². The molecule has 2 unspecified atom stereocenters. The van der Waals surface area contributed by atoms with Crippen LogP contribution in [0.25, 0.3) is 0 Å². The quantitative estimate of drug-likeness (QED) is 0.272. The predicted octanol–water partition coefficient (Wildman–Crippen LogP) is 1.40. The summed E-state index contributed by atoms with van der Waals surface area (Å²) >= 11 is 0. The van der Waals surface area contributed by atoms with Crippen LogP contribution in [0.2, 0.25) is 0 Å². The molecule has 0 saturated carbocycles. The topological polar surface area (TPSA) is 102 Å². The summed E-state index contributed by atoms with van der Waals surface area (Å²) in [5.41, 5.74) is 0.198. The van der Waals surface area contributed by atoms with Crippen LogP contribution < -0.4 is 0 Å². The van der Waals surface area contributed by atoms with Gasteiger partial charge in [0.2, 0.25) is 0 Å². The first-order valence-electron chi connectivity index (χ1n) is 5.91. The minimum atomic E-state index is -4.16. The van der Waals surface area contributed by atoms with Crippen molar-refractivity contribution in [2.75, 3.05) is 19.8 Å². The highest BCUT2D eigenvalue weighted by Crippen LogP contribution is 2.43. The monoisotopic (exact) mass is 296 g/mol. The molecule has 0 heterocycles. The van der Waals surface area contributed by atoms with Crippen LogP contribution in [-0.4, -0.2) is 41.9 Å². The predicted molar refractivity (Wildman–Crippen MR) is 68.4 cm³/mol. The molecular formula is C11H21O7P. The van der Waals surface area contributed by atoms with Gasteiger partial charge in [0.1, 0.15) is 12.7 Å². The van der Waals surface area contributed by atoms with Gasteiger partial charge in [0.15, 0.2) is 0 Å². The van der Waals surface area contributed by atoms with Crippen LogP contribution in [0.4, 0.5) is 0 Å². The highest BCUT2D eigenvalue weighted by Gasteiger charge is 2.22. The Morgan fingerprint density at radius 1 is 1.37 bits per heavy atom. The molecule has 112 valence electrons. The lowest BCUT2D eigenvalue weighted by atomic mass is 10.3. The van der Waals surface area contributed by atoms with Crippen LogP contribution in [0, 0.1) is 0 Å². The summed E-state index contributed by atoms with van der Waals surface area (Å²) in [4.78, 5) is 20.3. The van der Waals surface area contributed by atoms with E-state index in [1.807, 2.05) is 6.92 Å². The molecule has 0 aliphatic rings. The van der Waals surface area contributed by atoms with Crippen molar-refractivity contribution in [3.05, 3.63) is 12.2 Å². The Morgan fingerprint density at radius 3 is 2.53 bits per heavy atom. The van der Waals surface area contributed by atoms with E-state index in [4.69, 9.17) is 0 Å². The van der Waals surface area contributed by atoms with Gasteiger partial charge in [0.05, 0.1) is 13.2 Å². The molecule has 0 amide bonds. The number of ether oxygens (including phenoxy) is 1. The fourth-order valence-corrected chi connectivity index (χ4v) is 1.68. The average Bonchev–Trinajstić information content (AvgIpc) is 2.33. The molecule has 19 heavy (non-hydrogen) atoms.